The number of pyridine rings is 1. The summed E-state index contributed by atoms with van der Waals surface area (Å²) in [5.41, 5.74) is 0. The lowest BCUT2D eigenvalue weighted by Crippen LogP contribution is -2.49. The molecule has 0 saturated carbocycles. The van der Waals surface area contributed by atoms with Gasteiger partial charge in [0.15, 0.2) is 0 Å². The molecule has 9 heteroatoms. The van der Waals surface area contributed by atoms with E-state index in [1.165, 1.54) is 18.7 Å². The van der Waals surface area contributed by atoms with Crippen LogP contribution in [0.1, 0.15) is 20.3 Å². The zero-order valence-corrected chi connectivity index (χ0v) is 16.5. The Balaban J connectivity index is 1.81. The molecule has 1 atom stereocenters. The van der Waals surface area contributed by atoms with Crippen molar-refractivity contribution < 1.29 is 19.5 Å². The maximum atomic E-state index is 12.6. The minimum Gasteiger partial charge on any atom is -0.480 e. The van der Waals surface area contributed by atoms with E-state index in [1.807, 2.05) is 18.2 Å². The second-order valence-electron chi connectivity index (χ2n) is 6.85. The van der Waals surface area contributed by atoms with Gasteiger partial charge in [0.25, 0.3) is 0 Å². The van der Waals surface area contributed by atoms with Crippen LogP contribution in [-0.4, -0.2) is 89.5 Å². The number of anilines is 1. The molecule has 1 aromatic heterocycles. The quantitative estimate of drug-likeness (QED) is 0.612. The normalized spacial score (nSPS) is 15.7. The fraction of sp³-hybridized carbons (Fsp3) is 0.579. The molecule has 154 valence electrons. The van der Waals surface area contributed by atoms with Crippen LogP contribution in [0.25, 0.3) is 0 Å². The van der Waals surface area contributed by atoms with E-state index in [0.717, 1.165) is 32.0 Å². The number of hydrogen-bond donors (Lipinski definition) is 2. The highest BCUT2D eigenvalue weighted by atomic mass is 16.4. The molecule has 0 aromatic carbocycles. The van der Waals surface area contributed by atoms with Crippen molar-refractivity contribution in [3.05, 3.63) is 24.4 Å². The Labute approximate surface area is 165 Å². The molecular weight excluding hydrogens is 362 g/mol. The lowest BCUT2D eigenvalue weighted by Gasteiger charge is -2.35. The first-order chi connectivity index (χ1) is 13.4. The summed E-state index contributed by atoms with van der Waals surface area (Å²) >= 11 is 0. The van der Waals surface area contributed by atoms with Gasteiger partial charge in [0.1, 0.15) is 11.9 Å². The highest BCUT2D eigenvalue weighted by Gasteiger charge is 2.26. The van der Waals surface area contributed by atoms with Gasteiger partial charge in [-0.1, -0.05) is 6.07 Å². The number of nitrogens with one attached hydrogen (secondary N) is 1. The Hall–Kier alpha value is -2.68. The lowest BCUT2D eigenvalue weighted by atomic mass is 10.2. The SMILES string of the molecule is CC(=O)NCCN(C(=O)CCN1CCN(c2ccccn2)CC1)C(C)C(=O)O. The fourth-order valence-electron chi connectivity index (χ4n) is 3.16. The van der Waals surface area contributed by atoms with Crippen molar-refractivity contribution in [2.45, 2.75) is 26.3 Å². The van der Waals surface area contributed by atoms with Gasteiger partial charge in [-0.25, -0.2) is 9.78 Å². The van der Waals surface area contributed by atoms with E-state index < -0.39 is 12.0 Å². The van der Waals surface area contributed by atoms with E-state index in [9.17, 15) is 19.5 Å². The molecule has 0 spiro atoms. The third kappa shape index (κ3) is 6.49. The van der Waals surface area contributed by atoms with Gasteiger partial charge in [0.2, 0.25) is 11.8 Å². The van der Waals surface area contributed by atoms with Crippen LogP contribution in [0.2, 0.25) is 0 Å². The van der Waals surface area contributed by atoms with Crippen LogP contribution >= 0.6 is 0 Å². The van der Waals surface area contributed by atoms with Crippen molar-refractivity contribution in [3.8, 4) is 0 Å². The molecule has 2 N–H and O–H groups in total. The van der Waals surface area contributed by atoms with E-state index in [-0.39, 0.29) is 31.3 Å². The van der Waals surface area contributed by atoms with Crippen LogP contribution in [0, 0.1) is 0 Å². The van der Waals surface area contributed by atoms with Gasteiger partial charge in [0, 0.05) is 65.4 Å². The Bertz CT molecular complexity index is 662. The summed E-state index contributed by atoms with van der Waals surface area (Å²) in [5.74, 6) is -0.522. The second-order valence-corrected chi connectivity index (χ2v) is 6.85. The molecule has 1 aliphatic heterocycles. The minimum absolute atomic E-state index is 0.180. The number of carboxylic acids is 1. The first kappa shape index (κ1) is 21.6. The number of carbonyl (C=O) groups excluding carboxylic acids is 2. The van der Waals surface area contributed by atoms with Crippen molar-refractivity contribution in [2.24, 2.45) is 0 Å². The summed E-state index contributed by atoms with van der Waals surface area (Å²) in [5, 5.41) is 11.9. The predicted octanol–water partition coefficient (Wildman–Crippen LogP) is 0.0315. The molecule has 2 rings (SSSR count). The molecule has 1 saturated heterocycles. The highest BCUT2D eigenvalue weighted by Crippen LogP contribution is 2.13. The molecule has 0 aliphatic carbocycles. The molecule has 1 unspecified atom stereocenters. The molecule has 28 heavy (non-hydrogen) atoms. The van der Waals surface area contributed by atoms with Crippen molar-refractivity contribution in [3.63, 3.8) is 0 Å². The number of aliphatic carboxylic acids is 1. The van der Waals surface area contributed by atoms with E-state index in [4.69, 9.17) is 0 Å². The van der Waals surface area contributed by atoms with Crippen molar-refractivity contribution in [1.82, 2.24) is 20.1 Å². The number of hydrogen-bond acceptors (Lipinski definition) is 6. The Kier molecular flexibility index (Phi) is 8.19. The molecule has 1 aliphatic rings. The lowest BCUT2D eigenvalue weighted by molar-refractivity contribution is -0.149. The average molecular weight is 391 g/mol. The number of aromatic nitrogens is 1. The Morgan fingerprint density at radius 3 is 2.54 bits per heavy atom. The molecule has 9 nitrogen and oxygen atoms in total. The summed E-state index contributed by atoms with van der Waals surface area (Å²) in [6.45, 7) is 7.19. The highest BCUT2D eigenvalue weighted by molar-refractivity contribution is 5.83. The standard InChI is InChI=1S/C19H29N5O4/c1-15(19(27)28)24(10-8-20-16(2)25)18(26)6-9-22-11-13-23(14-12-22)17-5-3-4-7-21-17/h3-5,7,15H,6,8-14H2,1-2H3,(H,20,25)(H,27,28). The number of carboxylic acid groups (broad SMARTS) is 1. The maximum Gasteiger partial charge on any atom is 0.326 e. The summed E-state index contributed by atoms with van der Waals surface area (Å²) in [6, 6.07) is 4.91. The van der Waals surface area contributed by atoms with Crippen LogP contribution in [0.3, 0.4) is 0 Å². The monoisotopic (exact) mass is 391 g/mol. The van der Waals surface area contributed by atoms with E-state index in [0.29, 0.717) is 6.54 Å². The van der Waals surface area contributed by atoms with Crippen LogP contribution < -0.4 is 10.2 Å². The molecule has 1 fully saturated rings. The van der Waals surface area contributed by atoms with Gasteiger partial charge < -0.3 is 20.2 Å². The van der Waals surface area contributed by atoms with Crippen LogP contribution in [0.4, 0.5) is 5.82 Å². The molecule has 0 bridgehead atoms. The van der Waals surface area contributed by atoms with Gasteiger partial charge >= 0.3 is 5.97 Å². The minimum atomic E-state index is -1.06. The number of rotatable bonds is 9. The number of piperazine rings is 1. The largest absolute Gasteiger partial charge is 0.480 e. The topological polar surface area (TPSA) is 106 Å². The third-order valence-electron chi connectivity index (χ3n) is 4.86. The maximum absolute atomic E-state index is 12.6. The number of carbonyl (C=O) groups is 3. The molecule has 1 aromatic rings. The molecule has 2 heterocycles. The van der Waals surface area contributed by atoms with Gasteiger partial charge in [-0.15, -0.1) is 0 Å². The predicted molar refractivity (Wildman–Crippen MR) is 105 cm³/mol. The van der Waals surface area contributed by atoms with E-state index in [1.54, 1.807) is 6.20 Å². The fourth-order valence-corrected chi connectivity index (χ4v) is 3.16. The van der Waals surface area contributed by atoms with Crippen LogP contribution in [0.15, 0.2) is 24.4 Å². The summed E-state index contributed by atoms with van der Waals surface area (Å²) in [6.07, 6.45) is 2.03. The summed E-state index contributed by atoms with van der Waals surface area (Å²) < 4.78 is 0. The molecular formula is C19H29N5O4. The van der Waals surface area contributed by atoms with Crippen LogP contribution in [0.5, 0.6) is 0 Å². The van der Waals surface area contributed by atoms with Crippen molar-refractivity contribution in [2.75, 3.05) is 50.7 Å². The van der Waals surface area contributed by atoms with Gasteiger partial charge in [-0.2, -0.15) is 0 Å². The smallest absolute Gasteiger partial charge is 0.326 e. The van der Waals surface area contributed by atoms with Crippen LogP contribution in [-0.2, 0) is 14.4 Å². The second kappa shape index (κ2) is 10.6. The average Bonchev–Trinajstić information content (AvgIpc) is 2.69. The Morgan fingerprint density at radius 1 is 1.25 bits per heavy atom. The van der Waals surface area contributed by atoms with E-state index >= 15 is 0 Å². The number of nitrogens with zero attached hydrogens (tertiary/aromatic N) is 4. The van der Waals surface area contributed by atoms with E-state index in [2.05, 4.69) is 20.1 Å². The molecule has 0 radical (unpaired) electrons. The summed E-state index contributed by atoms with van der Waals surface area (Å²) in [7, 11) is 0. The first-order valence-corrected chi connectivity index (χ1v) is 9.53. The van der Waals surface area contributed by atoms with Gasteiger partial charge in [0.05, 0.1) is 0 Å². The van der Waals surface area contributed by atoms with Gasteiger partial charge in [-0.3, -0.25) is 14.5 Å². The van der Waals surface area contributed by atoms with Crippen molar-refractivity contribution >= 4 is 23.6 Å². The first-order valence-electron chi connectivity index (χ1n) is 9.53. The Morgan fingerprint density at radius 2 is 1.96 bits per heavy atom. The zero-order valence-electron chi connectivity index (χ0n) is 16.5. The molecule has 2 amide bonds. The third-order valence-corrected chi connectivity index (χ3v) is 4.86. The number of amides is 2. The van der Waals surface area contributed by atoms with Gasteiger partial charge in [-0.05, 0) is 19.1 Å². The van der Waals surface area contributed by atoms with Crippen molar-refractivity contribution in [1.29, 1.82) is 0 Å². The summed E-state index contributed by atoms with van der Waals surface area (Å²) in [4.78, 5) is 45.0. The zero-order chi connectivity index (χ0) is 20.5.